The van der Waals surface area contributed by atoms with Gasteiger partial charge in [0.15, 0.2) is 5.76 Å². The molecule has 3 heteroatoms. The van der Waals surface area contributed by atoms with E-state index in [0.29, 0.717) is 11.3 Å². The SMILES string of the molecule is COC1=C2CC(C)N=C2c2ccccc2C1=O. The highest BCUT2D eigenvalue weighted by Crippen LogP contribution is 2.34. The van der Waals surface area contributed by atoms with Crippen molar-refractivity contribution in [1.29, 1.82) is 0 Å². The summed E-state index contributed by atoms with van der Waals surface area (Å²) in [7, 11) is 1.55. The largest absolute Gasteiger partial charge is 0.492 e. The molecular formula is C14H13NO2. The molecule has 1 unspecified atom stereocenters. The zero-order valence-electron chi connectivity index (χ0n) is 9.86. The molecule has 86 valence electrons. The molecule has 1 aliphatic heterocycles. The monoisotopic (exact) mass is 227 g/mol. The van der Waals surface area contributed by atoms with Crippen LogP contribution in [0.3, 0.4) is 0 Å². The van der Waals surface area contributed by atoms with Crippen LogP contribution < -0.4 is 0 Å². The number of Topliss-reactive ketones (excluding diaryl/α,β-unsaturated/α-hetero) is 1. The average molecular weight is 227 g/mol. The van der Waals surface area contributed by atoms with Gasteiger partial charge in [0, 0.05) is 23.1 Å². The number of aliphatic imine (C=N–C) groups is 1. The Morgan fingerprint density at radius 2 is 2.00 bits per heavy atom. The van der Waals surface area contributed by atoms with E-state index in [9.17, 15) is 4.79 Å². The van der Waals surface area contributed by atoms with Crippen molar-refractivity contribution in [2.75, 3.05) is 7.11 Å². The smallest absolute Gasteiger partial charge is 0.228 e. The molecule has 1 heterocycles. The van der Waals surface area contributed by atoms with Gasteiger partial charge in [0.25, 0.3) is 0 Å². The number of ether oxygens (including phenoxy) is 1. The van der Waals surface area contributed by atoms with E-state index in [0.717, 1.165) is 23.3 Å². The maximum atomic E-state index is 12.3. The average Bonchev–Trinajstić information content (AvgIpc) is 2.72. The molecule has 3 nitrogen and oxygen atoms in total. The number of fused-ring (bicyclic) bond motifs is 3. The summed E-state index contributed by atoms with van der Waals surface area (Å²) in [6, 6.07) is 7.82. The first-order valence-corrected chi connectivity index (χ1v) is 5.71. The number of ketones is 1. The van der Waals surface area contributed by atoms with E-state index in [1.165, 1.54) is 0 Å². The Morgan fingerprint density at radius 3 is 2.71 bits per heavy atom. The number of methoxy groups -OCH3 is 1. The zero-order valence-corrected chi connectivity index (χ0v) is 9.86. The van der Waals surface area contributed by atoms with Crippen molar-refractivity contribution in [1.82, 2.24) is 0 Å². The molecule has 1 atom stereocenters. The molecule has 0 saturated heterocycles. The second-order valence-corrected chi connectivity index (χ2v) is 4.42. The second-order valence-electron chi connectivity index (χ2n) is 4.42. The van der Waals surface area contributed by atoms with E-state index in [-0.39, 0.29) is 11.8 Å². The molecule has 0 radical (unpaired) electrons. The van der Waals surface area contributed by atoms with Crippen molar-refractivity contribution < 1.29 is 9.53 Å². The summed E-state index contributed by atoms with van der Waals surface area (Å²) < 4.78 is 5.27. The summed E-state index contributed by atoms with van der Waals surface area (Å²) in [5.74, 6) is 0.443. The van der Waals surface area contributed by atoms with Crippen LogP contribution in [0.5, 0.6) is 0 Å². The van der Waals surface area contributed by atoms with Gasteiger partial charge in [0.1, 0.15) is 0 Å². The lowest BCUT2D eigenvalue weighted by Gasteiger charge is -2.19. The minimum atomic E-state index is -0.0221. The maximum Gasteiger partial charge on any atom is 0.228 e. The number of rotatable bonds is 1. The van der Waals surface area contributed by atoms with Gasteiger partial charge in [-0.1, -0.05) is 24.3 Å². The number of hydrogen-bond acceptors (Lipinski definition) is 3. The summed E-state index contributed by atoms with van der Waals surface area (Å²) in [5.41, 5.74) is 3.53. The van der Waals surface area contributed by atoms with Crippen molar-refractivity contribution in [2.45, 2.75) is 19.4 Å². The third-order valence-corrected chi connectivity index (χ3v) is 3.25. The lowest BCUT2D eigenvalue weighted by Crippen LogP contribution is -2.21. The van der Waals surface area contributed by atoms with Gasteiger partial charge in [-0.2, -0.15) is 0 Å². The minimum Gasteiger partial charge on any atom is -0.492 e. The number of hydrogen-bond donors (Lipinski definition) is 0. The molecule has 17 heavy (non-hydrogen) atoms. The van der Waals surface area contributed by atoms with E-state index in [2.05, 4.69) is 11.9 Å². The normalized spacial score (nSPS) is 22.1. The van der Waals surface area contributed by atoms with Crippen LogP contribution in [0.4, 0.5) is 0 Å². The molecular weight excluding hydrogens is 214 g/mol. The zero-order chi connectivity index (χ0) is 12.0. The fourth-order valence-electron chi connectivity index (χ4n) is 2.53. The standard InChI is InChI=1S/C14H13NO2/c1-8-7-11-12(15-8)9-5-3-4-6-10(9)13(16)14(11)17-2/h3-6,8H,7H2,1-2H3. The number of carbonyl (C=O) groups is 1. The Balaban J connectivity index is 2.29. The predicted octanol–water partition coefficient (Wildman–Crippen LogP) is 2.36. The molecule has 2 aliphatic rings. The third kappa shape index (κ3) is 1.35. The predicted molar refractivity (Wildman–Crippen MR) is 65.4 cm³/mol. The van der Waals surface area contributed by atoms with Crippen LogP contribution in [0.25, 0.3) is 0 Å². The maximum absolute atomic E-state index is 12.3. The Kier molecular flexibility index (Phi) is 2.15. The third-order valence-electron chi connectivity index (χ3n) is 3.25. The molecule has 0 saturated carbocycles. The van der Waals surface area contributed by atoms with Gasteiger partial charge in [-0.25, -0.2) is 0 Å². The van der Waals surface area contributed by atoms with E-state index in [4.69, 9.17) is 4.74 Å². The van der Waals surface area contributed by atoms with Crippen molar-refractivity contribution in [3.05, 3.63) is 46.7 Å². The summed E-state index contributed by atoms with van der Waals surface area (Å²) in [6.45, 7) is 2.05. The fourth-order valence-corrected chi connectivity index (χ4v) is 2.53. The molecule has 1 aliphatic carbocycles. The van der Waals surface area contributed by atoms with E-state index < -0.39 is 0 Å². The second kappa shape index (κ2) is 3.55. The van der Waals surface area contributed by atoms with Gasteiger partial charge in [0.2, 0.25) is 5.78 Å². The highest BCUT2D eigenvalue weighted by molar-refractivity contribution is 6.28. The Labute approximate surface area is 99.8 Å². The molecule has 0 N–H and O–H groups in total. The molecule has 1 aromatic carbocycles. The van der Waals surface area contributed by atoms with Crippen LogP contribution in [-0.2, 0) is 4.74 Å². The number of benzene rings is 1. The Bertz CT molecular complexity index is 569. The molecule has 1 aromatic rings. The van der Waals surface area contributed by atoms with Crippen LogP contribution in [0.2, 0.25) is 0 Å². The first kappa shape index (κ1) is 10.3. The van der Waals surface area contributed by atoms with E-state index in [1.807, 2.05) is 24.3 Å². The molecule has 0 spiro atoms. The van der Waals surface area contributed by atoms with Crippen LogP contribution in [0, 0.1) is 0 Å². The first-order chi connectivity index (χ1) is 8.22. The van der Waals surface area contributed by atoms with Gasteiger partial charge in [0.05, 0.1) is 18.9 Å². The molecule has 0 aromatic heterocycles. The minimum absolute atomic E-state index is 0.0221. The topological polar surface area (TPSA) is 38.7 Å². The lowest BCUT2D eigenvalue weighted by atomic mass is 9.87. The van der Waals surface area contributed by atoms with E-state index in [1.54, 1.807) is 7.11 Å². The molecule has 3 rings (SSSR count). The van der Waals surface area contributed by atoms with Gasteiger partial charge in [-0.15, -0.1) is 0 Å². The summed E-state index contributed by atoms with van der Waals surface area (Å²) in [6.07, 6.45) is 0.790. The van der Waals surface area contributed by atoms with Crippen molar-refractivity contribution in [2.24, 2.45) is 4.99 Å². The van der Waals surface area contributed by atoms with Gasteiger partial charge in [-0.05, 0) is 6.92 Å². The van der Waals surface area contributed by atoms with Gasteiger partial charge >= 0.3 is 0 Å². The van der Waals surface area contributed by atoms with Gasteiger partial charge in [-0.3, -0.25) is 9.79 Å². The van der Waals surface area contributed by atoms with Crippen molar-refractivity contribution in [3.63, 3.8) is 0 Å². The quantitative estimate of drug-likeness (QED) is 0.738. The Morgan fingerprint density at radius 1 is 1.29 bits per heavy atom. The molecule has 0 fully saturated rings. The van der Waals surface area contributed by atoms with Crippen molar-refractivity contribution in [3.8, 4) is 0 Å². The molecule has 0 bridgehead atoms. The number of carbonyl (C=O) groups excluding carboxylic acids is 1. The molecule has 0 amide bonds. The summed E-state index contributed by atoms with van der Waals surface area (Å²) in [5, 5.41) is 0. The van der Waals surface area contributed by atoms with Crippen LogP contribution in [0.15, 0.2) is 40.6 Å². The number of nitrogens with zero attached hydrogens (tertiary/aromatic N) is 1. The Hall–Kier alpha value is -1.90. The highest BCUT2D eigenvalue weighted by atomic mass is 16.5. The summed E-state index contributed by atoms with van der Waals surface area (Å²) >= 11 is 0. The van der Waals surface area contributed by atoms with Crippen LogP contribution >= 0.6 is 0 Å². The summed E-state index contributed by atoms with van der Waals surface area (Å²) in [4.78, 5) is 16.9. The fraction of sp³-hybridized carbons (Fsp3) is 0.286. The number of allylic oxidation sites excluding steroid dienone is 1. The highest BCUT2D eigenvalue weighted by Gasteiger charge is 2.35. The van der Waals surface area contributed by atoms with Crippen LogP contribution in [-0.4, -0.2) is 24.6 Å². The van der Waals surface area contributed by atoms with Gasteiger partial charge < -0.3 is 4.74 Å². The van der Waals surface area contributed by atoms with E-state index >= 15 is 0 Å². The van der Waals surface area contributed by atoms with Crippen LogP contribution in [0.1, 0.15) is 29.3 Å². The van der Waals surface area contributed by atoms with Crippen molar-refractivity contribution >= 4 is 11.5 Å². The lowest BCUT2D eigenvalue weighted by molar-refractivity contribution is 0.0949. The first-order valence-electron chi connectivity index (χ1n) is 5.71.